The molecule has 110 valence electrons. The summed E-state index contributed by atoms with van der Waals surface area (Å²) >= 11 is 0. The average Bonchev–Trinajstić information content (AvgIpc) is 2.86. The number of aromatic nitrogens is 1. The molecule has 0 aromatic carbocycles. The molecule has 0 saturated carbocycles. The van der Waals surface area contributed by atoms with Crippen LogP contribution >= 0.6 is 0 Å². The van der Waals surface area contributed by atoms with Crippen molar-refractivity contribution in [2.45, 2.75) is 85.0 Å². The van der Waals surface area contributed by atoms with Gasteiger partial charge in [-0.1, -0.05) is 41.0 Å². The molecule has 0 unspecified atom stereocenters. The fourth-order valence-electron chi connectivity index (χ4n) is 4.58. The Bertz CT molecular complexity index is 537. The topological polar surface area (TPSA) is 12.9 Å². The van der Waals surface area contributed by atoms with Crippen molar-refractivity contribution in [1.29, 1.82) is 0 Å². The van der Waals surface area contributed by atoms with Crippen LogP contribution in [0.4, 0.5) is 0 Å². The van der Waals surface area contributed by atoms with E-state index in [9.17, 15) is 0 Å². The molecule has 0 bridgehead atoms. The summed E-state index contributed by atoms with van der Waals surface area (Å²) in [6.45, 7) is 12.0. The molecule has 20 heavy (non-hydrogen) atoms. The van der Waals surface area contributed by atoms with Gasteiger partial charge in [0.25, 0.3) is 0 Å². The van der Waals surface area contributed by atoms with Crippen LogP contribution in [0.3, 0.4) is 0 Å². The lowest BCUT2D eigenvalue weighted by atomic mass is 9.75. The van der Waals surface area contributed by atoms with Crippen molar-refractivity contribution < 1.29 is 0 Å². The Labute approximate surface area is 124 Å². The minimum atomic E-state index is 0.316. The molecule has 0 amide bonds. The van der Waals surface area contributed by atoms with E-state index in [0.29, 0.717) is 10.8 Å². The monoisotopic (exact) mass is 271 g/mol. The van der Waals surface area contributed by atoms with Gasteiger partial charge in [0.15, 0.2) is 0 Å². The molecule has 1 heteroatoms. The van der Waals surface area contributed by atoms with Gasteiger partial charge in [0.1, 0.15) is 0 Å². The Kier molecular flexibility index (Phi) is 3.23. The molecular weight excluding hydrogens is 242 g/mol. The van der Waals surface area contributed by atoms with Crippen LogP contribution in [0.15, 0.2) is 0 Å². The molecule has 1 heterocycles. The predicted octanol–water partition coefficient (Wildman–Crippen LogP) is 4.77. The van der Waals surface area contributed by atoms with Crippen LogP contribution in [0.25, 0.3) is 0 Å². The molecule has 0 N–H and O–H groups in total. The number of pyridine rings is 1. The van der Waals surface area contributed by atoms with Crippen LogP contribution in [0, 0.1) is 5.41 Å². The molecule has 1 nitrogen and oxygen atoms in total. The molecule has 0 atom stereocenters. The van der Waals surface area contributed by atoms with E-state index < -0.39 is 0 Å². The molecule has 1 aromatic heterocycles. The smallest absolute Gasteiger partial charge is 0.0447 e. The van der Waals surface area contributed by atoms with Gasteiger partial charge in [0.2, 0.25) is 0 Å². The largest absolute Gasteiger partial charge is 0.257 e. The third-order valence-corrected chi connectivity index (χ3v) is 5.26. The summed E-state index contributed by atoms with van der Waals surface area (Å²) in [5.41, 5.74) is 8.52. The van der Waals surface area contributed by atoms with Crippen LogP contribution in [-0.2, 0) is 31.1 Å². The Morgan fingerprint density at radius 2 is 1.80 bits per heavy atom. The fraction of sp³-hybridized carbons (Fsp3) is 0.737. The van der Waals surface area contributed by atoms with Crippen molar-refractivity contribution >= 4 is 0 Å². The minimum Gasteiger partial charge on any atom is -0.257 e. The highest BCUT2D eigenvalue weighted by Gasteiger charge is 2.38. The number of fused-ring (bicyclic) bond motifs is 2. The lowest BCUT2D eigenvalue weighted by molar-refractivity contribution is 0.387. The van der Waals surface area contributed by atoms with E-state index in [1.165, 1.54) is 56.3 Å². The second kappa shape index (κ2) is 4.58. The number of hydrogen-bond donors (Lipinski definition) is 0. The van der Waals surface area contributed by atoms with Gasteiger partial charge in [-0.15, -0.1) is 0 Å². The number of nitrogens with zero attached hydrogens (tertiary/aromatic N) is 1. The van der Waals surface area contributed by atoms with E-state index in [2.05, 4.69) is 34.6 Å². The lowest BCUT2D eigenvalue weighted by Gasteiger charge is -2.30. The van der Waals surface area contributed by atoms with Crippen LogP contribution in [0.2, 0.25) is 0 Å². The van der Waals surface area contributed by atoms with E-state index >= 15 is 0 Å². The first-order valence-electron chi connectivity index (χ1n) is 8.38. The van der Waals surface area contributed by atoms with E-state index in [-0.39, 0.29) is 0 Å². The molecular formula is C19H29N. The summed E-state index contributed by atoms with van der Waals surface area (Å²) in [6.07, 6.45) is 8.73. The van der Waals surface area contributed by atoms with Crippen molar-refractivity contribution in [3.05, 3.63) is 28.1 Å². The minimum absolute atomic E-state index is 0.316. The van der Waals surface area contributed by atoms with Crippen molar-refractivity contribution in [2.24, 2.45) is 5.41 Å². The van der Waals surface area contributed by atoms with Crippen molar-refractivity contribution in [3.63, 3.8) is 0 Å². The standard InChI is InChI=1S/C19H29N/c1-6-10-19(4,5)17-13-8-7-9-15(13)20-16-12-18(2,3)11-14(16)17/h6-12H2,1-5H3. The van der Waals surface area contributed by atoms with E-state index in [1.54, 1.807) is 16.7 Å². The fourth-order valence-corrected chi connectivity index (χ4v) is 4.58. The van der Waals surface area contributed by atoms with Gasteiger partial charge in [-0.25, -0.2) is 0 Å². The highest BCUT2D eigenvalue weighted by atomic mass is 14.8. The summed E-state index contributed by atoms with van der Waals surface area (Å²) < 4.78 is 0. The first-order chi connectivity index (χ1) is 9.34. The van der Waals surface area contributed by atoms with Crippen LogP contribution < -0.4 is 0 Å². The number of hydrogen-bond acceptors (Lipinski definition) is 1. The number of aryl methyl sites for hydroxylation is 1. The summed E-state index contributed by atoms with van der Waals surface area (Å²) in [4.78, 5) is 5.06. The maximum atomic E-state index is 5.06. The van der Waals surface area contributed by atoms with Crippen LogP contribution in [0.1, 0.15) is 82.0 Å². The predicted molar refractivity (Wildman–Crippen MR) is 85.4 cm³/mol. The van der Waals surface area contributed by atoms with Gasteiger partial charge >= 0.3 is 0 Å². The summed E-state index contributed by atoms with van der Waals surface area (Å²) in [5.74, 6) is 0. The SMILES string of the molecule is CCCC(C)(C)c1c2c(nc3c1CC(C)(C)C3)CCC2. The van der Waals surface area contributed by atoms with E-state index in [0.717, 1.165) is 0 Å². The maximum absolute atomic E-state index is 5.06. The van der Waals surface area contributed by atoms with E-state index in [4.69, 9.17) is 4.98 Å². The van der Waals surface area contributed by atoms with Gasteiger partial charge < -0.3 is 0 Å². The van der Waals surface area contributed by atoms with Gasteiger partial charge in [0.05, 0.1) is 0 Å². The van der Waals surface area contributed by atoms with Crippen LogP contribution in [-0.4, -0.2) is 4.98 Å². The quantitative estimate of drug-likeness (QED) is 0.771. The summed E-state index contributed by atoms with van der Waals surface area (Å²) in [7, 11) is 0. The lowest BCUT2D eigenvalue weighted by Crippen LogP contribution is -2.22. The Hall–Kier alpha value is -0.850. The third kappa shape index (κ3) is 2.19. The molecule has 0 radical (unpaired) electrons. The molecule has 2 aliphatic carbocycles. The summed E-state index contributed by atoms with van der Waals surface area (Å²) in [6, 6.07) is 0. The zero-order valence-electron chi connectivity index (χ0n) is 13.9. The number of rotatable bonds is 3. The molecule has 3 rings (SSSR count). The van der Waals surface area contributed by atoms with Crippen molar-refractivity contribution in [3.8, 4) is 0 Å². The second-order valence-corrected chi connectivity index (χ2v) is 8.34. The molecule has 1 aromatic rings. The highest BCUT2D eigenvalue weighted by molar-refractivity contribution is 5.49. The molecule has 0 fully saturated rings. The van der Waals surface area contributed by atoms with E-state index in [1.807, 2.05) is 0 Å². The zero-order chi connectivity index (χ0) is 14.5. The van der Waals surface area contributed by atoms with Crippen molar-refractivity contribution in [1.82, 2.24) is 4.98 Å². The Balaban J connectivity index is 2.18. The molecule has 0 saturated heterocycles. The van der Waals surface area contributed by atoms with Gasteiger partial charge in [0, 0.05) is 11.4 Å². The first-order valence-corrected chi connectivity index (χ1v) is 8.38. The second-order valence-electron chi connectivity index (χ2n) is 8.34. The normalized spacial score (nSPS) is 20.1. The molecule has 0 aliphatic heterocycles. The summed E-state index contributed by atoms with van der Waals surface area (Å²) in [5, 5.41) is 0. The highest BCUT2D eigenvalue weighted by Crippen LogP contribution is 2.45. The Morgan fingerprint density at radius 3 is 2.50 bits per heavy atom. The molecule has 2 aliphatic rings. The Morgan fingerprint density at radius 1 is 1.05 bits per heavy atom. The van der Waals surface area contributed by atoms with Gasteiger partial charge in [-0.3, -0.25) is 4.98 Å². The van der Waals surface area contributed by atoms with Crippen molar-refractivity contribution in [2.75, 3.05) is 0 Å². The first kappa shape index (κ1) is 14.1. The third-order valence-electron chi connectivity index (χ3n) is 5.26. The molecule has 0 spiro atoms. The average molecular weight is 271 g/mol. The van der Waals surface area contributed by atoms with Crippen LogP contribution in [0.5, 0.6) is 0 Å². The van der Waals surface area contributed by atoms with Gasteiger partial charge in [-0.2, -0.15) is 0 Å². The van der Waals surface area contributed by atoms with Gasteiger partial charge in [-0.05, 0) is 66.0 Å². The zero-order valence-corrected chi connectivity index (χ0v) is 13.9. The maximum Gasteiger partial charge on any atom is 0.0447 e.